The Bertz CT molecular complexity index is 852. The highest BCUT2D eigenvalue weighted by molar-refractivity contribution is 5.88. The third-order valence-corrected chi connectivity index (χ3v) is 4.70. The number of halogens is 1. The van der Waals surface area contributed by atoms with E-state index in [1.54, 1.807) is 36.4 Å². The third kappa shape index (κ3) is 5.22. The second-order valence-electron chi connectivity index (χ2n) is 6.93. The van der Waals surface area contributed by atoms with Gasteiger partial charge in [-0.25, -0.2) is 9.18 Å². The van der Waals surface area contributed by atoms with E-state index in [9.17, 15) is 14.0 Å². The maximum atomic E-state index is 14.0. The van der Waals surface area contributed by atoms with Crippen LogP contribution in [0, 0.1) is 5.82 Å². The summed E-state index contributed by atoms with van der Waals surface area (Å²) in [4.78, 5) is 23.1. The maximum absolute atomic E-state index is 14.0. The van der Waals surface area contributed by atoms with Crippen LogP contribution in [0.1, 0.15) is 25.3 Å². The van der Waals surface area contributed by atoms with E-state index >= 15 is 0 Å². The first kappa shape index (κ1) is 19.7. The molecule has 3 amide bonds. The Hall–Kier alpha value is -3.09. The average molecular weight is 385 g/mol. The van der Waals surface area contributed by atoms with Crippen molar-refractivity contribution >= 4 is 17.6 Å². The van der Waals surface area contributed by atoms with E-state index in [1.165, 1.54) is 13.0 Å². The second kappa shape index (κ2) is 8.73. The molecule has 1 aliphatic rings. The number of carbonyl (C=O) groups excluding carboxylic acids is 2. The number of carbonyl (C=O) groups is 2. The minimum Gasteiger partial charge on any atom is -0.492 e. The molecule has 0 bridgehead atoms. The van der Waals surface area contributed by atoms with Crippen LogP contribution >= 0.6 is 0 Å². The number of hydrogen-bond donors (Lipinski definition) is 3. The fourth-order valence-corrected chi connectivity index (χ4v) is 3.10. The topological polar surface area (TPSA) is 79.5 Å². The molecule has 3 N–H and O–H groups in total. The fraction of sp³-hybridized carbons (Fsp3) is 0.333. The lowest BCUT2D eigenvalue weighted by atomic mass is 9.95. The molecule has 0 aromatic heterocycles. The van der Waals surface area contributed by atoms with Crippen molar-refractivity contribution in [1.29, 1.82) is 0 Å². The van der Waals surface area contributed by atoms with Gasteiger partial charge in [-0.3, -0.25) is 4.79 Å². The van der Waals surface area contributed by atoms with Crippen LogP contribution < -0.4 is 20.7 Å². The Balaban J connectivity index is 1.39. The summed E-state index contributed by atoms with van der Waals surface area (Å²) in [6.45, 7) is 2.45. The van der Waals surface area contributed by atoms with Crippen molar-refractivity contribution in [2.45, 2.75) is 25.2 Å². The van der Waals surface area contributed by atoms with Gasteiger partial charge in [0.2, 0.25) is 5.91 Å². The Morgan fingerprint density at radius 2 is 1.89 bits per heavy atom. The SMILES string of the molecule is CC(=O)Nc1cccc(OCCNC(=O)NCC2(c3ccccc3F)CC2)c1. The highest BCUT2D eigenvalue weighted by Gasteiger charge is 2.45. The Morgan fingerprint density at radius 1 is 1.11 bits per heavy atom. The minimum atomic E-state index is -0.307. The van der Waals surface area contributed by atoms with Gasteiger partial charge in [-0.05, 0) is 36.6 Å². The first-order valence-corrected chi connectivity index (χ1v) is 9.26. The standard InChI is InChI=1S/C21H24FN3O3/c1-15(26)25-16-5-4-6-17(13-16)28-12-11-23-20(27)24-14-21(9-10-21)18-7-2-3-8-19(18)22/h2-8,13H,9-12,14H2,1H3,(H,25,26)(H2,23,24,27). The molecule has 1 saturated carbocycles. The summed E-state index contributed by atoms with van der Waals surface area (Å²) in [5.74, 6) is 0.223. The van der Waals surface area contributed by atoms with Crippen LogP contribution in [-0.2, 0) is 10.2 Å². The van der Waals surface area contributed by atoms with E-state index in [2.05, 4.69) is 16.0 Å². The number of nitrogens with one attached hydrogen (secondary N) is 3. The average Bonchev–Trinajstić information content (AvgIpc) is 3.45. The van der Waals surface area contributed by atoms with Crippen molar-refractivity contribution in [3.63, 3.8) is 0 Å². The van der Waals surface area contributed by atoms with Crippen LogP contribution in [0.3, 0.4) is 0 Å². The van der Waals surface area contributed by atoms with Gasteiger partial charge in [0.25, 0.3) is 0 Å². The summed E-state index contributed by atoms with van der Waals surface area (Å²) in [5, 5.41) is 8.23. The molecule has 6 nitrogen and oxygen atoms in total. The maximum Gasteiger partial charge on any atom is 0.314 e. The Kier molecular flexibility index (Phi) is 6.13. The summed E-state index contributed by atoms with van der Waals surface area (Å²) in [5.41, 5.74) is 1.03. The quantitative estimate of drug-likeness (QED) is 0.611. The summed E-state index contributed by atoms with van der Waals surface area (Å²) >= 11 is 0. The van der Waals surface area contributed by atoms with Gasteiger partial charge in [-0.1, -0.05) is 24.3 Å². The van der Waals surface area contributed by atoms with Gasteiger partial charge in [0, 0.05) is 30.6 Å². The molecule has 0 saturated heterocycles. The number of ether oxygens (including phenoxy) is 1. The molecule has 0 heterocycles. The van der Waals surface area contributed by atoms with E-state index in [4.69, 9.17) is 4.74 Å². The molecule has 0 aliphatic heterocycles. The fourth-order valence-electron chi connectivity index (χ4n) is 3.10. The number of benzene rings is 2. The lowest BCUT2D eigenvalue weighted by molar-refractivity contribution is -0.114. The molecule has 0 unspecified atom stereocenters. The molecule has 2 aromatic carbocycles. The highest BCUT2D eigenvalue weighted by atomic mass is 19.1. The smallest absolute Gasteiger partial charge is 0.314 e. The normalized spacial score (nSPS) is 14.1. The van der Waals surface area contributed by atoms with Gasteiger partial charge in [0.05, 0.1) is 6.54 Å². The summed E-state index contributed by atoms with van der Waals surface area (Å²) in [7, 11) is 0. The van der Waals surface area contributed by atoms with E-state index in [1.807, 2.05) is 6.07 Å². The molecule has 7 heteroatoms. The van der Waals surface area contributed by atoms with Crippen LogP contribution in [0.4, 0.5) is 14.9 Å². The summed E-state index contributed by atoms with van der Waals surface area (Å²) < 4.78 is 19.6. The predicted octanol–water partition coefficient (Wildman–Crippen LogP) is 3.19. The zero-order valence-corrected chi connectivity index (χ0v) is 15.8. The van der Waals surface area contributed by atoms with Crippen molar-refractivity contribution < 1.29 is 18.7 Å². The molecule has 148 valence electrons. The summed E-state index contributed by atoms with van der Waals surface area (Å²) in [6.07, 6.45) is 1.73. The molecule has 2 aromatic rings. The van der Waals surface area contributed by atoms with Crippen molar-refractivity contribution in [1.82, 2.24) is 10.6 Å². The molecular weight excluding hydrogens is 361 g/mol. The first-order chi connectivity index (χ1) is 13.5. The Morgan fingerprint density at radius 3 is 2.61 bits per heavy atom. The lowest BCUT2D eigenvalue weighted by Gasteiger charge is -2.17. The van der Waals surface area contributed by atoms with Crippen LogP contribution in [0.2, 0.25) is 0 Å². The van der Waals surface area contributed by atoms with Crippen LogP contribution in [0.5, 0.6) is 5.75 Å². The highest BCUT2D eigenvalue weighted by Crippen LogP contribution is 2.48. The van der Waals surface area contributed by atoms with Crippen LogP contribution in [-0.4, -0.2) is 31.6 Å². The molecule has 1 fully saturated rings. The molecule has 1 aliphatic carbocycles. The number of amides is 3. The zero-order chi connectivity index (χ0) is 20.0. The predicted molar refractivity (Wildman–Crippen MR) is 105 cm³/mol. The van der Waals surface area contributed by atoms with E-state index in [0.29, 0.717) is 30.1 Å². The lowest BCUT2D eigenvalue weighted by Crippen LogP contribution is -2.41. The van der Waals surface area contributed by atoms with Gasteiger partial charge in [0.15, 0.2) is 0 Å². The molecular formula is C21H24FN3O3. The minimum absolute atomic E-state index is 0.153. The van der Waals surface area contributed by atoms with E-state index < -0.39 is 0 Å². The van der Waals surface area contributed by atoms with E-state index in [0.717, 1.165) is 12.8 Å². The van der Waals surface area contributed by atoms with Crippen LogP contribution in [0.25, 0.3) is 0 Å². The van der Waals surface area contributed by atoms with Gasteiger partial charge in [-0.15, -0.1) is 0 Å². The number of hydrogen-bond acceptors (Lipinski definition) is 3. The van der Waals surface area contributed by atoms with Gasteiger partial charge in [-0.2, -0.15) is 0 Å². The number of urea groups is 1. The molecule has 0 atom stereocenters. The largest absolute Gasteiger partial charge is 0.492 e. The van der Waals surface area contributed by atoms with Gasteiger partial charge in [0.1, 0.15) is 18.2 Å². The Labute approximate surface area is 163 Å². The first-order valence-electron chi connectivity index (χ1n) is 9.26. The van der Waals surface area contributed by atoms with E-state index in [-0.39, 0.29) is 29.8 Å². The van der Waals surface area contributed by atoms with Crippen molar-refractivity contribution in [3.05, 3.63) is 59.9 Å². The molecule has 0 radical (unpaired) electrons. The molecule has 0 spiro atoms. The van der Waals surface area contributed by atoms with Crippen molar-refractivity contribution in [2.24, 2.45) is 0 Å². The second-order valence-corrected chi connectivity index (χ2v) is 6.93. The van der Waals surface area contributed by atoms with Crippen molar-refractivity contribution in [2.75, 3.05) is 25.0 Å². The van der Waals surface area contributed by atoms with Gasteiger partial charge >= 0.3 is 6.03 Å². The third-order valence-electron chi connectivity index (χ3n) is 4.70. The zero-order valence-electron chi connectivity index (χ0n) is 15.8. The monoisotopic (exact) mass is 385 g/mol. The van der Waals surface area contributed by atoms with Gasteiger partial charge < -0.3 is 20.7 Å². The number of anilines is 1. The molecule has 28 heavy (non-hydrogen) atoms. The molecule has 3 rings (SSSR count). The summed E-state index contributed by atoms with van der Waals surface area (Å²) in [6, 6.07) is 13.4. The van der Waals surface area contributed by atoms with Crippen LogP contribution in [0.15, 0.2) is 48.5 Å². The number of rotatable bonds is 8. The van der Waals surface area contributed by atoms with Crippen molar-refractivity contribution in [3.8, 4) is 5.75 Å².